The zero-order valence-corrected chi connectivity index (χ0v) is 15.0. The number of aromatic hydroxyl groups is 1. The summed E-state index contributed by atoms with van der Waals surface area (Å²) in [6.45, 7) is 0. The number of aromatic nitrogens is 2. The molecule has 0 atom stereocenters. The molecule has 0 saturated heterocycles. The molecule has 4 aromatic rings. The van der Waals surface area contributed by atoms with Gasteiger partial charge in [-0.25, -0.2) is 13.1 Å². The molecule has 6 nitrogen and oxygen atoms in total. The maximum atomic E-state index is 10.3. The maximum Gasteiger partial charge on any atom is 0.311 e. The molecule has 0 unspecified atom stereocenters. The molecule has 0 aliphatic heterocycles. The predicted octanol–water partition coefficient (Wildman–Crippen LogP) is 5.19. The van der Waals surface area contributed by atoms with E-state index in [4.69, 9.17) is 8.83 Å². The first-order valence-electron chi connectivity index (χ1n) is 7.41. The van der Waals surface area contributed by atoms with Crippen LogP contribution in [0.2, 0.25) is 0 Å². The van der Waals surface area contributed by atoms with Crippen molar-refractivity contribution >= 4 is 34.6 Å². The first kappa shape index (κ1) is 15.7. The molecule has 2 aromatic heterocycles. The second kappa shape index (κ2) is 6.60. The maximum absolute atomic E-state index is 10.3. The lowest BCUT2D eigenvalue weighted by Gasteiger charge is -2.13. The molecule has 4 rings (SSSR count). The first-order chi connectivity index (χ1) is 12.2. The lowest BCUT2D eigenvalue weighted by molar-refractivity contribution is 0.473. The standard InChI is InChI=1S/C18H12IN3O3/c19-22(18-21-10-16(25-18)12-4-2-1-3-5-12)13-6-7-14(15(23)8-13)17-9-20-11-24-17/h1-11,23H. The summed E-state index contributed by atoms with van der Waals surface area (Å²) in [7, 11) is 0. The van der Waals surface area contributed by atoms with Crippen molar-refractivity contribution in [2.75, 3.05) is 3.11 Å². The lowest BCUT2D eigenvalue weighted by Crippen LogP contribution is -2.00. The quantitative estimate of drug-likeness (QED) is 0.344. The lowest BCUT2D eigenvalue weighted by atomic mass is 10.1. The smallest absolute Gasteiger partial charge is 0.311 e. The van der Waals surface area contributed by atoms with Gasteiger partial charge in [-0.2, -0.15) is 0 Å². The van der Waals surface area contributed by atoms with Gasteiger partial charge < -0.3 is 13.9 Å². The van der Waals surface area contributed by atoms with Gasteiger partial charge in [-0.15, -0.1) is 0 Å². The summed E-state index contributed by atoms with van der Waals surface area (Å²) >= 11 is 2.08. The van der Waals surface area contributed by atoms with E-state index in [1.807, 2.05) is 36.4 Å². The Morgan fingerprint density at radius 1 is 1.00 bits per heavy atom. The van der Waals surface area contributed by atoms with Crippen LogP contribution in [0.5, 0.6) is 5.75 Å². The number of hydrogen-bond donors (Lipinski definition) is 1. The molecular weight excluding hydrogens is 433 g/mol. The fourth-order valence-corrected chi connectivity index (χ4v) is 2.92. The van der Waals surface area contributed by atoms with Crippen molar-refractivity contribution in [2.45, 2.75) is 0 Å². The molecule has 0 saturated carbocycles. The second-order valence-electron chi connectivity index (χ2n) is 5.22. The number of nitrogens with zero attached hydrogens (tertiary/aromatic N) is 3. The highest BCUT2D eigenvalue weighted by molar-refractivity contribution is 14.1. The second-order valence-corrected chi connectivity index (χ2v) is 6.19. The first-order valence-corrected chi connectivity index (χ1v) is 8.38. The Hall–Kier alpha value is -2.81. The van der Waals surface area contributed by atoms with E-state index in [1.54, 1.807) is 27.6 Å². The van der Waals surface area contributed by atoms with Gasteiger partial charge in [-0.1, -0.05) is 30.3 Å². The van der Waals surface area contributed by atoms with Crippen LogP contribution in [0.1, 0.15) is 0 Å². The van der Waals surface area contributed by atoms with Crippen molar-refractivity contribution in [3.05, 3.63) is 67.3 Å². The van der Waals surface area contributed by atoms with Crippen LogP contribution in [0.3, 0.4) is 0 Å². The average molecular weight is 445 g/mol. The van der Waals surface area contributed by atoms with Crippen molar-refractivity contribution in [3.8, 4) is 28.4 Å². The minimum Gasteiger partial charge on any atom is -0.507 e. The number of benzene rings is 2. The van der Waals surface area contributed by atoms with E-state index < -0.39 is 0 Å². The number of anilines is 2. The highest BCUT2D eigenvalue weighted by atomic mass is 127. The summed E-state index contributed by atoms with van der Waals surface area (Å²) in [5, 5.41) is 10.3. The molecule has 0 aliphatic rings. The van der Waals surface area contributed by atoms with E-state index in [0.29, 0.717) is 23.1 Å². The molecule has 124 valence electrons. The van der Waals surface area contributed by atoms with Gasteiger partial charge in [0.25, 0.3) is 0 Å². The van der Waals surface area contributed by atoms with Gasteiger partial charge in [-0.05, 0) is 12.1 Å². The molecule has 2 heterocycles. The molecule has 0 amide bonds. The van der Waals surface area contributed by atoms with Gasteiger partial charge in [0.2, 0.25) is 0 Å². The summed E-state index contributed by atoms with van der Waals surface area (Å²) in [6.07, 6.45) is 4.56. The fraction of sp³-hybridized carbons (Fsp3) is 0. The van der Waals surface area contributed by atoms with Crippen LogP contribution < -0.4 is 3.11 Å². The van der Waals surface area contributed by atoms with Gasteiger partial charge in [0.15, 0.2) is 17.9 Å². The molecule has 2 aromatic carbocycles. The molecule has 0 spiro atoms. The van der Waals surface area contributed by atoms with Crippen LogP contribution in [0.4, 0.5) is 11.7 Å². The average Bonchev–Trinajstić information content (AvgIpc) is 3.34. The van der Waals surface area contributed by atoms with Crippen molar-refractivity contribution in [3.63, 3.8) is 0 Å². The third-order valence-corrected chi connectivity index (χ3v) is 4.60. The van der Waals surface area contributed by atoms with Crippen LogP contribution >= 0.6 is 22.9 Å². The SMILES string of the molecule is Oc1cc(N(I)c2ncc(-c3ccccc3)o2)ccc1-c1cnco1. The summed E-state index contributed by atoms with van der Waals surface area (Å²) < 4.78 is 12.8. The molecule has 25 heavy (non-hydrogen) atoms. The highest BCUT2D eigenvalue weighted by Gasteiger charge is 2.16. The largest absolute Gasteiger partial charge is 0.507 e. The zero-order valence-electron chi connectivity index (χ0n) is 12.8. The zero-order chi connectivity index (χ0) is 17.2. The number of oxazole rings is 2. The number of phenolic OH excluding ortho intramolecular Hbond substituents is 1. The van der Waals surface area contributed by atoms with Crippen LogP contribution in [-0.4, -0.2) is 15.1 Å². The van der Waals surface area contributed by atoms with Crippen molar-refractivity contribution in [1.82, 2.24) is 9.97 Å². The van der Waals surface area contributed by atoms with E-state index in [1.165, 1.54) is 6.39 Å². The Bertz CT molecular complexity index is 984. The summed E-state index contributed by atoms with van der Waals surface area (Å²) in [5.74, 6) is 1.28. The Morgan fingerprint density at radius 2 is 1.84 bits per heavy atom. The van der Waals surface area contributed by atoms with E-state index in [0.717, 1.165) is 11.3 Å². The van der Waals surface area contributed by atoms with Crippen LogP contribution in [0.25, 0.3) is 22.6 Å². The van der Waals surface area contributed by atoms with E-state index in [-0.39, 0.29) is 5.75 Å². The topological polar surface area (TPSA) is 75.5 Å². The molecular formula is C18H12IN3O3. The molecule has 0 radical (unpaired) electrons. The van der Waals surface area contributed by atoms with Crippen molar-refractivity contribution in [2.24, 2.45) is 0 Å². The van der Waals surface area contributed by atoms with Gasteiger partial charge in [0.05, 0.1) is 46.5 Å². The van der Waals surface area contributed by atoms with Crippen molar-refractivity contribution < 1.29 is 13.9 Å². The number of hydrogen-bond acceptors (Lipinski definition) is 6. The molecule has 0 fully saturated rings. The third-order valence-electron chi connectivity index (χ3n) is 3.63. The van der Waals surface area contributed by atoms with Crippen LogP contribution in [0, 0.1) is 0 Å². The van der Waals surface area contributed by atoms with Gasteiger partial charge in [0.1, 0.15) is 5.75 Å². The molecule has 0 aliphatic carbocycles. The number of rotatable bonds is 4. The summed E-state index contributed by atoms with van der Waals surface area (Å²) in [5.41, 5.74) is 2.25. The minimum atomic E-state index is 0.0887. The Kier molecular flexibility index (Phi) is 4.14. The Morgan fingerprint density at radius 3 is 2.56 bits per heavy atom. The minimum absolute atomic E-state index is 0.0887. The van der Waals surface area contributed by atoms with Crippen LogP contribution in [0.15, 0.2) is 76.2 Å². The predicted molar refractivity (Wildman–Crippen MR) is 102 cm³/mol. The van der Waals surface area contributed by atoms with E-state index in [2.05, 4.69) is 32.8 Å². The van der Waals surface area contributed by atoms with E-state index in [9.17, 15) is 5.11 Å². The fourth-order valence-electron chi connectivity index (χ4n) is 2.40. The van der Waals surface area contributed by atoms with Gasteiger partial charge in [0, 0.05) is 11.6 Å². The van der Waals surface area contributed by atoms with Gasteiger partial charge in [-0.3, -0.25) is 0 Å². The van der Waals surface area contributed by atoms with Gasteiger partial charge >= 0.3 is 6.01 Å². The molecule has 1 N–H and O–H groups in total. The summed E-state index contributed by atoms with van der Waals surface area (Å²) in [6, 6.07) is 15.4. The molecule has 7 heteroatoms. The summed E-state index contributed by atoms with van der Waals surface area (Å²) in [4.78, 5) is 8.17. The monoisotopic (exact) mass is 445 g/mol. The normalized spacial score (nSPS) is 10.8. The highest BCUT2D eigenvalue weighted by Crippen LogP contribution is 2.37. The van der Waals surface area contributed by atoms with E-state index >= 15 is 0 Å². The number of halogens is 1. The van der Waals surface area contributed by atoms with Crippen molar-refractivity contribution in [1.29, 1.82) is 0 Å². The number of phenols is 1. The Balaban J connectivity index is 1.62. The third kappa shape index (κ3) is 3.10. The Labute approximate surface area is 157 Å². The van der Waals surface area contributed by atoms with Crippen LogP contribution in [-0.2, 0) is 0 Å². The molecule has 0 bridgehead atoms.